The summed E-state index contributed by atoms with van der Waals surface area (Å²) >= 11 is 0. The van der Waals surface area contributed by atoms with Crippen molar-refractivity contribution in [3.05, 3.63) is 47.7 Å². The molecule has 1 nitrogen and oxygen atoms in total. The smallest absolute Gasteiger partial charge is 0.0386 e. The fourth-order valence-corrected chi connectivity index (χ4v) is 1.40. The summed E-state index contributed by atoms with van der Waals surface area (Å²) in [6, 6.07) is 6.37. The van der Waals surface area contributed by atoms with Gasteiger partial charge in [0.05, 0.1) is 0 Å². The highest BCUT2D eigenvalue weighted by Crippen LogP contribution is 2.21. The Morgan fingerprint density at radius 2 is 2.17 bits per heavy atom. The van der Waals surface area contributed by atoms with Gasteiger partial charge in [-0.15, -0.1) is 0 Å². The SMILES string of the molecule is C=C1NC=Cc2cc(C)ccc21. The number of hydrogen-bond donors (Lipinski definition) is 1. The van der Waals surface area contributed by atoms with E-state index in [-0.39, 0.29) is 0 Å². The molecular weight excluding hydrogens is 146 g/mol. The van der Waals surface area contributed by atoms with Crippen LogP contribution in [0.4, 0.5) is 0 Å². The predicted molar refractivity (Wildman–Crippen MR) is 52.4 cm³/mol. The minimum atomic E-state index is 0.979. The maximum absolute atomic E-state index is 3.92. The summed E-state index contributed by atoms with van der Waals surface area (Å²) in [6.45, 7) is 6.02. The molecule has 1 heteroatoms. The lowest BCUT2D eigenvalue weighted by Gasteiger charge is -2.14. The highest BCUT2D eigenvalue weighted by atomic mass is 14.9. The molecule has 1 aromatic carbocycles. The molecule has 0 atom stereocenters. The Balaban J connectivity index is 2.62. The summed E-state index contributed by atoms with van der Waals surface area (Å²) in [4.78, 5) is 0. The Morgan fingerprint density at radius 3 is 3.00 bits per heavy atom. The van der Waals surface area contributed by atoms with Gasteiger partial charge in [0.25, 0.3) is 0 Å². The maximum atomic E-state index is 3.92. The second kappa shape index (κ2) is 2.52. The van der Waals surface area contributed by atoms with E-state index >= 15 is 0 Å². The monoisotopic (exact) mass is 157 g/mol. The van der Waals surface area contributed by atoms with Gasteiger partial charge >= 0.3 is 0 Å². The zero-order valence-corrected chi connectivity index (χ0v) is 7.09. The predicted octanol–water partition coefficient (Wildman–Crippen LogP) is 2.54. The number of nitrogens with one attached hydrogen (secondary N) is 1. The second-order valence-electron chi connectivity index (χ2n) is 3.05. The van der Waals surface area contributed by atoms with Crippen LogP contribution in [0.1, 0.15) is 16.7 Å². The van der Waals surface area contributed by atoms with E-state index in [1.165, 1.54) is 16.7 Å². The Morgan fingerprint density at radius 1 is 1.33 bits per heavy atom. The lowest BCUT2D eigenvalue weighted by Crippen LogP contribution is -2.07. The number of aryl methyl sites for hydroxylation is 1. The molecule has 1 N–H and O–H groups in total. The first kappa shape index (κ1) is 7.17. The molecule has 12 heavy (non-hydrogen) atoms. The van der Waals surface area contributed by atoms with E-state index in [1.54, 1.807) is 0 Å². The van der Waals surface area contributed by atoms with Crippen molar-refractivity contribution >= 4 is 11.8 Å². The van der Waals surface area contributed by atoms with Crippen molar-refractivity contribution in [1.82, 2.24) is 5.32 Å². The molecule has 0 unspecified atom stereocenters. The average molecular weight is 157 g/mol. The summed E-state index contributed by atoms with van der Waals surface area (Å²) in [5, 5.41) is 3.08. The number of fused-ring (bicyclic) bond motifs is 1. The number of hydrogen-bond acceptors (Lipinski definition) is 1. The molecule has 0 spiro atoms. The van der Waals surface area contributed by atoms with Crippen LogP contribution in [0.15, 0.2) is 31.0 Å². The Bertz CT molecular complexity index is 361. The quantitative estimate of drug-likeness (QED) is 0.610. The third-order valence-corrected chi connectivity index (χ3v) is 2.05. The van der Waals surface area contributed by atoms with Gasteiger partial charge in [0.2, 0.25) is 0 Å². The Labute approximate surface area is 72.4 Å². The third-order valence-electron chi connectivity index (χ3n) is 2.05. The summed E-state index contributed by atoms with van der Waals surface area (Å²) in [5.74, 6) is 0. The van der Waals surface area contributed by atoms with Crippen molar-refractivity contribution in [2.24, 2.45) is 0 Å². The van der Waals surface area contributed by atoms with Gasteiger partial charge in [-0.05, 0) is 18.6 Å². The average Bonchev–Trinajstić information content (AvgIpc) is 2.04. The van der Waals surface area contributed by atoms with E-state index in [4.69, 9.17) is 0 Å². The zero-order valence-electron chi connectivity index (χ0n) is 7.09. The van der Waals surface area contributed by atoms with Crippen molar-refractivity contribution < 1.29 is 0 Å². The van der Waals surface area contributed by atoms with Crippen molar-refractivity contribution in [1.29, 1.82) is 0 Å². The molecule has 60 valence electrons. The first-order chi connectivity index (χ1) is 5.77. The lowest BCUT2D eigenvalue weighted by molar-refractivity contribution is 1.20. The molecule has 0 aliphatic carbocycles. The van der Waals surface area contributed by atoms with Gasteiger partial charge < -0.3 is 5.32 Å². The largest absolute Gasteiger partial charge is 0.362 e. The number of rotatable bonds is 0. The minimum Gasteiger partial charge on any atom is -0.362 e. The van der Waals surface area contributed by atoms with Crippen molar-refractivity contribution in [3.63, 3.8) is 0 Å². The molecule has 0 saturated carbocycles. The summed E-state index contributed by atoms with van der Waals surface area (Å²) in [6.07, 6.45) is 3.99. The first-order valence-corrected chi connectivity index (χ1v) is 4.00. The van der Waals surface area contributed by atoms with Gasteiger partial charge in [-0.3, -0.25) is 0 Å². The molecule has 2 rings (SSSR count). The van der Waals surface area contributed by atoms with Crippen molar-refractivity contribution in [2.75, 3.05) is 0 Å². The molecule has 0 aromatic heterocycles. The van der Waals surface area contributed by atoms with Gasteiger partial charge in [-0.2, -0.15) is 0 Å². The van der Waals surface area contributed by atoms with Gasteiger partial charge in [0.15, 0.2) is 0 Å². The van der Waals surface area contributed by atoms with E-state index < -0.39 is 0 Å². The van der Waals surface area contributed by atoms with Crippen LogP contribution in [0.3, 0.4) is 0 Å². The van der Waals surface area contributed by atoms with Gasteiger partial charge in [0, 0.05) is 17.5 Å². The molecule has 1 aromatic rings. The van der Waals surface area contributed by atoms with Crippen LogP contribution < -0.4 is 5.32 Å². The van der Waals surface area contributed by atoms with Crippen molar-refractivity contribution in [2.45, 2.75) is 6.92 Å². The van der Waals surface area contributed by atoms with Gasteiger partial charge in [0.1, 0.15) is 0 Å². The van der Waals surface area contributed by atoms with E-state index in [0.29, 0.717) is 0 Å². The van der Waals surface area contributed by atoms with Gasteiger partial charge in [-0.25, -0.2) is 0 Å². The van der Waals surface area contributed by atoms with E-state index in [2.05, 4.69) is 43.1 Å². The highest BCUT2D eigenvalue weighted by Gasteiger charge is 2.06. The molecule has 1 heterocycles. The Hall–Kier alpha value is -1.50. The van der Waals surface area contributed by atoms with E-state index in [1.807, 2.05) is 6.20 Å². The molecule has 0 bridgehead atoms. The van der Waals surface area contributed by atoms with Crippen LogP contribution in [0.2, 0.25) is 0 Å². The van der Waals surface area contributed by atoms with Gasteiger partial charge in [-0.1, -0.05) is 30.3 Å². The van der Waals surface area contributed by atoms with E-state index in [0.717, 1.165) is 5.70 Å². The van der Waals surface area contributed by atoms with Crippen LogP contribution in [0.5, 0.6) is 0 Å². The minimum absolute atomic E-state index is 0.979. The zero-order chi connectivity index (χ0) is 8.55. The molecule has 0 radical (unpaired) electrons. The molecule has 1 aliphatic rings. The topological polar surface area (TPSA) is 12.0 Å². The van der Waals surface area contributed by atoms with E-state index in [9.17, 15) is 0 Å². The molecular formula is C11H11N. The summed E-state index contributed by atoms with van der Waals surface area (Å²) in [7, 11) is 0. The first-order valence-electron chi connectivity index (χ1n) is 4.00. The third kappa shape index (κ3) is 1.03. The lowest BCUT2D eigenvalue weighted by atomic mass is 10.0. The van der Waals surface area contributed by atoms with Crippen molar-refractivity contribution in [3.8, 4) is 0 Å². The standard InChI is InChI=1S/C11H11N/c1-8-3-4-11-9(2)12-6-5-10(11)7-8/h3-7,12H,2H2,1H3. The maximum Gasteiger partial charge on any atom is 0.0386 e. The second-order valence-corrected chi connectivity index (χ2v) is 3.05. The fraction of sp³-hybridized carbons (Fsp3) is 0.0909. The van der Waals surface area contributed by atoms with Crippen LogP contribution in [-0.2, 0) is 0 Å². The highest BCUT2D eigenvalue weighted by molar-refractivity contribution is 5.76. The van der Waals surface area contributed by atoms with Crippen LogP contribution in [0, 0.1) is 6.92 Å². The van der Waals surface area contributed by atoms with Crippen LogP contribution in [0.25, 0.3) is 11.8 Å². The van der Waals surface area contributed by atoms with Crippen LogP contribution >= 0.6 is 0 Å². The van der Waals surface area contributed by atoms with Crippen LogP contribution in [-0.4, -0.2) is 0 Å². The molecule has 0 fully saturated rings. The molecule has 1 aliphatic heterocycles. The normalized spacial score (nSPS) is 13.9. The molecule has 0 saturated heterocycles. The number of benzene rings is 1. The molecule has 0 amide bonds. The fourth-order valence-electron chi connectivity index (χ4n) is 1.40. The summed E-state index contributed by atoms with van der Waals surface area (Å²) in [5.41, 5.74) is 4.71. The summed E-state index contributed by atoms with van der Waals surface area (Å²) < 4.78 is 0. The Kier molecular flexibility index (Phi) is 1.51.